The lowest BCUT2D eigenvalue weighted by molar-refractivity contribution is 0.175. The molecule has 1 aromatic rings. The van der Waals surface area contributed by atoms with Crippen LogP contribution >= 0.6 is 0 Å². The molecule has 2 heterocycles. The molecule has 0 bridgehead atoms. The molecule has 24 heavy (non-hydrogen) atoms. The molecule has 2 aliphatic heterocycles. The van der Waals surface area contributed by atoms with Gasteiger partial charge in [0.05, 0.1) is 7.11 Å². The standard InChI is InChI=1S/C19H29N3O2/c1-24-18-9-3-2-7-16(18)10-11-20-19(23)22-14-6-8-17(22)15-21-12-4-5-13-21/h2-3,7,9,17H,4-6,8,10-15H2,1H3,(H,20,23). The molecule has 1 aromatic carbocycles. The molecule has 5 nitrogen and oxygen atoms in total. The Bertz CT molecular complexity index is 543. The molecule has 2 amide bonds. The van der Waals surface area contributed by atoms with Crippen molar-refractivity contribution in [2.45, 2.75) is 38.1 Å². The van der Waals surface area contributed by atoms with Crippen LogP contribution in [-0.4, -0.2) is 61.7 Å². The van der Waals surface area contributed by atoms with Gasteiger partial charge in [-0.2, -0.15) is 0 Å². The lowest BCUT2D eigenvalue weighted by Gasteiger charge is -2.28. The Morgan fingerprint density at radius 2 is 2.00 bits per heavy atom. The third-order valence-electron chi connectivity index (χ3n) is 5.17. The highest BCUT2D eigenvalue weighted by molar-refractivity contribution is 5.74. The minimum absolute atomic E-state index is 0.0894. The van der Waals surface area contributed by atoms with Gasteiger partial charge in [0.25, 0.3) is 0 Å². The molecule has 3 rings (SSSR count). The Morgan fingerprint density at radius 3 is 2.79 bits per heavy atom. The van der Waals surface area contributed by atoms with Crippen molar-refractivity contribution in [3.63, 3.8) is 0 Å². The molecular weight excluding hydrogens is 302 g/mol. The highest BCUT2D eigenvalue weighted by Gasteiger charge is 2.30. The smallest absolute Gasteiger partial charge is 0.317 e. The maximum Gasteiger partial charge on any atom is 0.317 e. The van der Waals surface area contributed by atoms with Gasteiger partial charge in [0.1, 0.15) is 5.75 Å². The number of para-hydroxylation sites is 1. The molecule has 1 atom stereocenters. The van der Waals surface area contributed by atoms with Crippen LogP contribution in [0.5, 0.6) is 5.75 Å². The zero-order valence-electron chi connectivity index (χ0n) is 14.7. The lowest BCUT2D eigenvalue weighted by atomic mass is 10.1. The number of urea groups is 1. The van der Waals surface area contributed by atoms with Gasteiger partial charge < -0.3 is 19.9 Å². The van der Waals surface area contributed by atoms with Gasteiger partial charge in [0, 0.05) is 25.7 Å². The first-order valence-corrected chi connectivity index (χ1v) is 9.16. The fourth-order valence-electron chi connectivity index (χ4n) is 3.87. The topological polar surface area (TPSA) is 44.8 Å². The molecule has 132 valence electrons. The molecule has 0 radical (unpaired) electrons. The Balaban J connectivity index is 1.47. The summed E-state index contributed by atoms with van der Waals surface area (Å²) in [7, 11) is 1.69. The molecule has 2 aliphatic rings. The number of ether oxygens (including phenoxy) is 1. The van der Waals surface area contributed by atoms with E-state index in [1.54, 1.807) is 7.11 Å². The van der Waals surface area contributed by atoms with Crippen LogP contribution in [0, 0.1) is 0 Å². The first-order valence-electron chi connectivity index (χ1n) is 9.16. The minimum Gasteiger partial charge on any atom is -0.496 e. The van der Waals surface area contributed by atoms with E-state index < -0.39 is 0 Å². The van der Waals surface area contributed by atoms with E-state index in [1.165, 1.54) is 25.9 Å². The summed E-state index contributed by atoms with van der Waals surface area (Å²) in [6.45, 7) is 4.96. The third kappa shape index (κ3) is 4.20. The second kappa shape index (κ2) is 8.38. The largest absolute Gasteiger partial charge is 0.496 e. The second-order valence-corrected chi connectivity index (χ2v) is 6.79. The van der Waals surface area contributed by atoms with E-state index in [0.29, 0.717) is 12.6 Å². The SMILES string of the molecule is COc1ccccc1CCNC(=O)N1CCCC1CN1CCCC1. The van der Waals surface area contributed by atoms with Crippen molar-refractivity contribution in [3.05, 3.63) is 29.8 Å². The number of rotatable bonds is 6. The van der Waals surface area contributed by atoms with Gasteiger partial charge >= 0.3 is 6.03 Å². The van der Waals surface area contributed by atoms with Crippen molar-refractivity contribution in [1.82, 2.24) is 15.1 Å². The van der Waals surface area contributed by atoms with E-state index in [0.717, 1.165) is 43.7 Å². The molecular formula is C19H29N3O2. The number of benzene rings is 1. The van der Waals surface area contributed by atoms with E-state index in [4.69, 9.17) is 4.74 Å². The lowest BCUT2D eigenvalue weighted by Crippen LogP contribution is -2.47. The van der Waals surface area contributed by atoms with Crippen molar-refractivity contribution in [3.8, 4) is 5.75 Å². The third-order valence-corrected chi connectivity index (χ3v) is 5.17. The number of likely N-dealkylation sites (tertiary alicyclic amines) is 2. The highest BCUT2D eigenvalue weighted by Crippen LogP contribution is 2.21. The molecule has 0 spiro atoms. The van der Waals surface area contributed by atoms with Crippen LogP contribution in [-0.2, 0) is 6.42 Å². The van der Waals surface area contributed by atoms with Crippen LogP contribution in [0.3, 0.4) is 0 Å². The fourth-order valence-corrected chi connectivity index (χ4v) is 3.87. The predicted octanol–water partition coefficient (Wildman–Crippen LogP) is 2.51. The molecule has 2 saturated heterocycles. The number of methoxy groups -OCH3 is 1. The molecule has 0 aliphatic carbocycles. The van der Waals surface area contributed by atoms with E-state index in [2.05, 4.69) is 16.3 Å². The molecule has 1 unspecified atom stereocenters. The summed E-state index contributed by atoms with van der Waals surface area (Å²) < 4.78 is 5.37. The van der Waals surface area contributed by atoms with Crippen molar-refractivity contribution in [1.29, 1.82) is 0 Å². The number of amides is 2. The van der Waals surface area contributed by atoms with Crippen LogP contribution in [0.15, 0.2) is 24.3 Å². The van der Waals surface area contributed by atoms with Crippen molar-refractivity contribution in [2.24, 2.45) is 0 Å². The molecule has 1 N–H and O–H groups in total. The first kappa shape index (κ1) is 17.1. The van der Waals surface area contributed by atoms with Gasteiger partial charge in [0.2, 0.25) is 0 Å². The average Bonchev–Trinajstić information content (AvgIpc) is 3.27. The summed E-state index contributed by atoms with van der Waals surface area (Å²) in [6.07, 6.45) is 5.66. The zero-order chi connectivity index (χ0) is 16.8. The summed E-state index contributed by atoms with van der Waals surface area (Å²) in [5.74, 6) is 0.889. The van der Waals surface area contributed by atoms with Gasteiger partial charge in [-0.15, -0.1) is 0 Å². The maximum absolute atomic E-state index is 12.5. The Kier molecular flexibility index (Phi) is 5.96. The molecule has 2 fully saturated rings. The summed E-state index contributed by atoms with van der Waals surface area (Å²) in [6, 6.07) is 8.46. The van der Waals surface area contributed by atoms with E-state index in [-0.39, 0.29) is 6.03 Å². The first-order chi connectivity index (χ1) is 11.8. The van der Waals surface area contributed by atoms with Crippen molar-refractivity contribution in [2.75, 3.05) is 39.8 Å². The van der Waals surface area contributed by atoms with Crippen LogP contribution in [0.1, 0.15) is 31.2 Å². The van der Waals surface area contributed by atoms with E-state index in [9.17, 15) is 4.79 Å². The number of carbonyl (C=O) groups excluding carboxylic acids is 1. The Morgan fingerprint density at radius 1 is 1.21 bits per heavy atom. The summed E-state index contributed by atoms with van der Waals surface area (Å²) in [5, 5.41) is 3.09. The maximum atomic E-state index is 12.5. The number of nitrogens with zero attached hydrogens (tertiary/aromatic N) is 2. The second-order valence-electron chi connectivity index (χ2n) is 6.79. The quantitative estimate of drug-likeness (QED) is 0.871. The van der Waals surface area contributed by atoms with Gasteiger partial charge in [-0.25, -0.2) is 4.79 Å². The van der Waals surface area contributed by atoms with Gasteiger partial charge in [-0.05, 0) is 56.8 Å². The zero-order valence-corrected chi connectivity index (χ0v) is 14.7. The van der Waals surface area contributed by atoms with Gasteiger partial charge in [-0.1, -0.05) is 18.2 Å². The van der Waals surface area contributed by atoms with Gasteiger partial charge in [-0.3, -0.25) is 0 Å². The summed E-state index contributed by atoms with van der Waals surface area (Å²) in [4.78, 5) is 17.1. The van der Waals surface area contributed by atoms with E-state index in [1.807, 2.05) is 23.1 Å². The predicted molar refractivity (Wildman–Crippen MR) is 95.5 cm³/mol. The normalized spacial score (nSPS) is 21.2. The van der Waals surface area contributed by atoms with Crippen LogP contribution in [0.2, 0.25) is 0 Å². The molecule has 5 heteroatoms. The number of hydrogen-bond donors (Lipinski definition) is 1. The number of carbonyl (C=O) groups is 1. The summed E-state index contributed by atoms with van der Waals surface area (Å²) in [5.41, 5.74) is 1.13. The average molecular weight is 331 g/mol. The number of nitrogens with one attached hydrogen (secondary N) is 1. The van der Waals surface area contributed by atoms with Gasteiger partial charge in [0.15, 0.2) is 0 Å². The van der Waals surface area contributed by atoms with Crippen LogP contribution < -0.4 is 10.1 Å². The Labute approximate surface area is 145 Å². The fraction of sp³-hybridized carbons (Fsp3) is 0.632. The highest BCUT2D eigenvalue weighted by atomic mass is 16.5. The summed E-state index contributed by atoms with van der Waals surface area (Å²) >= 11 is 0. The molecule has 0 saturated carbocycles. The van der Waals surface area contributed by atoms with E-state index >= 15 is 0 Å². The minimum atomic E-state index is 0.0894. The Hall–Kier alpha value is -1.75. The van der Waals surface area contributed by atoms with Crippen LogP contribution in [0.25, 0.3) is 0 Å². The monoisotopic (exact) mass is 331 g/mol. The van der Waals surface area contributed by atoms with Crippen molar-refractivity contribution >= 4 is 6.03 Å². The van der Waals surface area contributed by atoms with Crippen LogP contribution in [0.4, 0.5) is 4.79 Å². The number of hydrogen-bond acceptors (Lipinski definition) is 3. The van der Waals surface area contributed by atoms with Crippen molar-refractivity contribution < 1.29 is 9.53 Å². The molecule has 0 aromatic heterocycles.